The lowest BCUT2D eigenvalue weighted by Gasteiger charge is -2.37. The minimum atomic E-state index is -0.341. The van der Waals surface area contributed by atoms with Crippen molar-refractivity contribution < 1.29 is 9.59 Å². The van der Waals surface area contributed by atoms with Gasteiger partial charge in [-0.25, -0.2) is 0 Å². The first-order chi connectivity index (χ1) is 14.0. The third-order valence-corrected chi connectivity index (χ3v) is 6.50. The van der Waals surface area contributed by atoms with Crippen LogP contribution in [0.4, 0.5) is 0 Å². The second-order valence-corrected chi connectivity index (χ2v) is 8.60. The van der Waals surface area contributed by atoms with E-state index in [9.17, 15) is 14.4 Å². The number of aromatic nitrogens is 1. The van der Waals surface area contributed by atoms with E-state index in [1.165, 1.54) is 6.42 Å². The number of piperidine rings is 2. The Morgan fingerprint density at radius 3 is 2.48 bits per heavy atom. The number of hydrogen-bond acceptors (Lipinski definition) is 3. The minimum absolute atomic E-state index is 0.0136. The number of rotatable bonds is 2. The molecule has 2 aliphatic rings. The van der Waals surface area contributed by atoms with Gasteiger partial charge >= 0.3 is 0 Å². The van der Waals surface area contributed by atoms with Crippen LogP contribution in [-0.2, 0) is 4.79 Å². The molecule has 0 spiro atoms. The monoisotopic (exact) mass is 395 g/mol. The molecule has 2 fully saturated rings. The molecule has 0 unspecified atom stereocenters. The molecule has 1 N–H and O–H groups in total. The summed E-state index contributed by atoms with van der Waals surface area (Å²) in [4.78, 5) is 45.1. The largest absolute Gasteiger partial charge is 0.342 e. The van der Waals surface area contributed by atoms with Crippen molar-refractivity contribution in [2.24, 2.45) is 11.8 Å². The molecule has 0 bridgehead atoms. The number of carbonyl (C=O) groups is 2. The lowest BCUT2D eigenvalue weighted by atomic mass is 9.92. The molecule has 2 aromatic rings. The Morgan fingerprint density at radius 1 is 1.03 bits per heavy atom. The van der Waals surface area contributed by atoms with Crippen molar-refractivity contribution >= 4 is 22.7 Å². The third kappa shape index (κ3) is 3.80. The van der Waals surface area contributed by atoms with Crippen molar-refractivity contribution in [1.82, 2.24) is 14.8 Å². The zero-order chi connectivity index (χ0) is 20.5. The summed E-state index contributed by atoms with van der Waals surface area (Å²) in [6.45, 7) is 6.77. The number of hydrogen-bond donors (Lipinski definition) is 1. The standard InChI is InChI=1S/C23H29N3O3/c1-15-6-5-11-26(14-15)22(28)17-9-12-25(13-10-17)23(29)20-16(2)18-7-3-4-8-19(18)24-21(20)27/h3-4,7-8,15,17H,5-6,9-14H2,1-2H3,(H,24,27)/t15-/m1/s1. The molecule has 4 rings (SSSR count). The van der Waals surface area contributed by atoms with Crippen LogP contribution >= 0.6 is 0 Å². The summed E-state index contributed by atoms with van der Waals surface area (Å²) in [5.74, 6) is 0.563. The number of benzene rings is 1. The first-order valence-electron chi connectivity index (χ1n) is 10.7. The van der Waals surface area contributed by atoms with Crippen LogP contribution in [0.5, 0.6) is 0 Å². The number of fused-ring (bicyclic) bond motifs is 1. The van der Waals surface area contributed by atoms with Crippen LogP contribution in [0.15, 0.2) is 29.1 Å². The van der Waals surface area contributed by atoms with E-state index in [0.717, 1.165) is 36.0 Å². The van der Waals surface area contributed by atoms with Gasteiger partial charge in [0.25, 0.3) is 11.5 Å². The van der Waals surface area contributed by atoms with Crippen LogP contribution in [0.2, 0.25) is 0 Å². The van der Waals surface area contributed by atoms with Gasteiger partial charge in [0.05, 0.1) is 0 Å². The predicted molar refractivity (Wildman–Crippen MR) is 113 cm³/mol. The van der Waals surface area contributed by atoms with Gasteiger partial charge in [-0.1, -0.05) is 25.1 Å². The quantitative estimate of drug-likeness (QED) is 0.850. The van der Waals surface area contributed by atoms with Gasteiger partial charge in [-0.15, -0.1) is 0 Å². The van der Waals surface area contributed by atoms with Crippen molar-refractivity contribution in [3.8, 4) is 0 Å². The summed E-state index contributed by atoms with van der Waals surface area (Å²) in [6.07, 6.45) is 3.60. The van der Waals surface area contributed by atoms with Gasteiger partial charge < -0.3 is 14.8 Å². The van der Waals surface area contributed by atoms with E-state index in [1.807, 2.05) is 36.1 Å². The average Bonchev–Trinajstić information content (AvgIpc) is 2.73. The van der Waals surface area contributed by atoms with Crippen LogP contribution in [0, 0.1) is 18.8 Å². The molecule has 6 nitrogen and oxygen atoms in total. The molecule has 1 aromatic heterocycles. The van der Waals surface area contributed by atoms with E-state index in [1.54, 1.807) is 4.90 Å². The summed E-state index contributed by atoms with van der Waals surface area (Å²) in [7, 11) is 0. The Morgan fingerprint density at radius 2 is 1.76 bits per heavy atom. The van der Waals surface area contributed by atoms with E-state index in [0.29, 0.717) is 31.8 Å². The summed E-state index contributed by atoms with van der Waals surface area (Å²) >= 11 is 0. The van der Waals surface area contributed by atoms with E-state index < -0.39 is 0 Å². The lowest BCUT2D eigenvalue weighted by molar-refractivity contribution is -0.138. The van der Waals surface area contributed by atoms with Gasteiger partial charge in [0.15, 0.2) is 0 Å². The second-order valence-electron chi connectivity index (χ2n) is 8.60. The molecule has 2 saturated heterocycles. The number of amides is 2. The van der Waals surface area contributed by atoms with Gasteiger partial charge in [0, 0.05) is 43.0 Å². The number of nitrogens with one attached hydrogen (secondary N) is 1. The molecule has 0 aliphatic carbocycles. The van der Waals surface area contributed by atoms with Crippen LogP contribution in [0.25, 0.3) is 10.9 Å². The van der Waals surface area contributed by atoms with Crippen LogP contribution in [0.3, 0.4) is 0 Å². The smallest absolute Gasteiger partial charge is 0.261 e. The number of para-hydroxylation sites is 1. The first kappa shape index (κ1) is 19.7. The van der Waals surface area contributed by atoms with E-state index in [4.69, 9.17) is 0 Å². The maximum absolute atomic E-state index is 13.1. The maximum Gasteiger partial charge on any atom is 0.261 e. The highest BCUT2D eigenvalue weighted by Gasteiger charge is 2.33. The SMILES string of the molecule is Cc1c(C(=O)N2CCC(C(=O)N3CCC[C@@H](C)C3)CC2)c(=O)[nH]c2ccccc12. The van der Waals surface area contributed by atoms with E-state index >= 15 is 0 Å². The zero-order valence-corrected chi connectivity index (χ0v) is 17.2. The molecule has 29 heavy (non-hydrogen) atoms. The second kappa shape index (κ2) is 8.01. The van der Waals surface area contributed by atoms with Crippen LogP contribution < -0.4 is 5.56 Å². The summed E-state index contributed by atoms with van der Waals surface area (Å²) in [5, 5.41) is 0.889. The summed E-state index contributed by atoms with van der Waals surface area (Å²) in [6, 6.07) is 7.53. The normalized spacial score (nSPS) is 20.8. The summed E-state index contributed by atoms with van der Waals surface area (Å²) in [5.41, 5.74) is 1.34. The number of aryl methyl sites for hydroxylation is 1. The number of H-pyrrole nitrogens is 1. The molecule has 1 aromatic carbocycles. The number of likely N-dealkylation sites (tertiary alicyclic amines) is 2. The molecule has 0 saturated carbocycles. The maximum atomic E-state index is 13.1. The van der Waals surface area contributed by atoms with Crippen molar-refractivity contribution in [1.29, 1.82) is 0 Å². The number of aromatic amines is 1. The Bertz CT molecular complexity index is 989. The van der Waals surface area contributed by atoms with E-state index in [2.05, 4.69) is 11.9 Å². The minimum Gasteiger partial charge on any atom is -0.342 e. The highest BCUT2D eigenvalue weighted by molar-refractivity contribution is 6.00. The van der Waals surface area contributed by atoms with Crippen molar-refractivity contribution in [2.45, 2.75) is 39.5 Å². The van der Waals surface area contributed by atoms with E-state index in [-0.39, 0.29) is 28.9 Å². The zero-order valence-electron chi connectivity index (χ0n) is 17.2. The molecule has 2 amide bonds. The number of carbonyl (C=O) groups excluding carboxylic acids is 2. The van der Waals surface area contributed by atoms with Gasteiger partial charge in [0.1, 0.15) is 5.56 Å². The fourth-order valence-electron chi connectivity index (χ4n) is 4.80. The molecule has 3 heterocycles. The molecule has 2 aliphatic heterocycles. The highest BCUT2D eigenvalue weighted by Crippen LogP contribution is 2.25. The van der Waals surface area contributed by atoms with Gasteiger partial charge in [-0.05, 0) is 50.2 Å². The summed E-state index contributed by atoms with van der Waals surface area (Å²) < 4.78 is 0. The predicted octanol–water partition coefficient (Wildman–Crippen LogP) is 2.95. The van der Waals surface area contributed by atoms with Crippen LogP contribution in [0.1, 0.15) is 48.5 Å². The Labute approximate surface area is 170 Å². The van der Waals surface area contributed by atoms with Crippen LogP contribution in [-0.4, -0.2) is 52.8 Å². The molecule has 0 radical (unpaired) electrons. The molecular formula is C23H29N3O3. The van der Waals surface area contributed by atoms with Gasteiger partial charge in [0.2, 0.25) is 5.91 Å². The Hall–Kier alpha value is -2.63. The topological polar surface area (TPSA) is 73.5 Å². The third-order valence-electron chi connectivity index (χ3n) is 6.50. The fraction of sp³-hybridized carbons (Fsp3) is 0.522. The number of nitrogens with zero attached hydrogens (tertiary/aromatic N) is 2. The van der Waals surface area contributed by atoms with Crippen molar-refractivity contribution in [2.75, 3.05) is 26.2 Å². The molecule has 6 heteroatoms. The van der Waals surface area contributed by atoms with Gasteiger partial charge in [-0.2, -0.15) is 0 Å². The Kier molecular flexibility index (Phi) is 5.43. The van der Waals surface area contributed by atoms with Crippen molar-refractivity contribution in [3.63, 3.8) is 0 Å². The molecule has 154 valence electrons. The molecule has 1 atom stereocenters. The van der Waals surface area contributed by atoms with Gasteiger partial charge in [-0.3, -0.25) is 14.4 Å². The Balaban J connectivity index is 1.46. The number of pyridine rings is 1. The van der Waals surface area contributed by atoms with Crippen molar-refractivity contribution in [3.05, 3.63) is 45.7 Å². The fourth-order valence-corrected chi connectivity index (χ4v) is 4.80. The molecular weight excluding hydrogens is 366 g/mol. The average molecular weight is 396 g/mol. The lowest BCUT2D eigenvalue weighted by Crippen LogP contribution is -2.47. The highest BCUT2D eigenvalue weighted by atomic mass is 16.2. The first-order valence-corrected chi connectivity index (χ1v) is 10.7.